The van der Waals surface area contributed by atoms with Crippen molar-refractivity contribution < 1.29 is 14.3 Å². The number of carbonyl (C=O) groups excluding carboxylic acids is 2. The topological polar surface area (TPSA) is 121 Å². The van der Waals surface area contributed by atoms with Gasteiger partial charge in [-0.1, -0.05) is 12.8 Å². The molecule has 4 aromatic heterocycles. The largest absolute Gasteiger partial charge is 0.444 e. The lowest BCUT2D eigenvalue weighted by Gasteiger charge is -2.24. The molecule has 0 aliphatic carbocycles. The summed E-state index contributed by atoms with van der Waals surface area (Å²) in [6.07, 6.45) is 5.66. The lowest BCUT2D eigenvalue weighted by atomic mass is 10.1. The van der Waals surface area contributed by atoms with E-state index in [0.29, 0.717) is 48.1 Å². The Kier molecular flexibility index (Phi) is 6.07. The molecule has 0 unspecified atom stereocenters. The third-order valence-corrected chi connectivity index (χ3v) is 6.26. The van der Waals surface area contributed by atoms with Gasteiger partial charge >= 0.3 is 6.09 Å². The molecule has 0 aromatic carbocycles. The highest BCUT2D eigenvalue weighted by atomic mass is 16.6. The van der Waals surface area contributed by atoms with Crippen molar-refractivity contribution in [3.8, 4) is 11.8 Å². The molecular formula is C27H29N7O3. The third-order valence-electron chi connectivity index (χ3n) is 6.26. The molecule has 0 bridgehead atoms. The molecule has 10 heteroatoms. The minimum atomic E-state index is -0.587. The SMILES string of the molecule is CCC(=O)c1cnc(N)c2c(C#Cc3ccc4ccnn4c3)nn([C@H]3CCN(C(=O)OC(C)(C)C)C3)c12. The minimum Gasteiger partial charge on any atom is -0.444 e. The summed E-state index contributed by atoms with van der Waals surface area (Å²) in [6, 6.07) is 5.58. The lowest BCUT2D eigenvalue weighted by molar-refractivity contribution is 0.0288. The van der Waals surface area contributed by atoms with Crippen LogP contribution in [0.5, 0.6) is 0 Å². The number of aromatic nitrogens is 5. The highest BCUT2D eigenvalue weighted by Gasteiger charge is 2.33. The van der Waals surface area contributed by atoms with Crippen LogP contribution in [0, 0.1) is 11.8 Å². The molecule has 1 amide bonds. The predicted molar refractivity (Wildman–Crippen MR) is 139 cm³/mol. The molecule has 190 valence electrons. The number of nitrogens with two attached hydrogens (primary N) is 1. The summed E-state index contributed by atoms with van der Waals surface area (Å²) in [5.41, 5.74) is 8.92. The van der Waals surface area contributed by atoms with E-state index in [1.54, 1.807) is 27.2 Å². The maximum atomic E-state index is 12.9. The molecule has 2 N–H and O–H groups in total. The number of Topliss-reactive ketones (excluding diaryl/α,β-unsaturated/α-hetero) is 1. The number of carbonyl (C=O) groups is 2. The van der Waals surface area contributed by atoms with Crippen LogP contribution in [0.1, 0.15) is 68.2 Å². The molecule has 0 spiro atoms. The van der Waals surface area contributed by atoms with E-state index in [4.69, 9.17) is 15.6 Å². The van der Waals surface area contributed by atoms with E-state index in [-0.39, 0.29) is 23.7 Å². The summed E-state index contributed by atoms with van der Waals surface area (Å²) in [5, 5.41) is 9.62. The molecule has 37 heavy (non-hydrogen) atoms. The number of pyridine rings is 2. The number of fused-ring (bicyclic) bond motifs is 2. The Bertz CT molecular complexity index is 1580. The number of likely N-dealkylation sites (tertiary alicyclic amines) is 1. The summed E-state index contributed by atoms with van der Waals surface area (Å²) in [7, 11) is 0. The van der Waals surface area contributed by atoms with Crippen LogP contribution >= 0.6 is 0 Å². The van der Waals surface area contributed by atoms with Gasteiger partial charge in [0, 0.05) is 43.7 Å². The number of anilines is 1. The third kappa shape index (κ3) is 4.72. The first-order valence-electron chi connectivity index (χ1n) is 12.3. The fraction of sp³-hybridized carbons (Fsp3) is 0.370. The van der Waals surface area contributed by atoms with Crippen LogP contribution in [0.2, 0.25) is 0 Å². The summed E-state index contributed by atoms with van der Waals surface area (Å²) in [4.78, 5) is 31.5. The van der Waals surface area contributed by atoms with Gasteiger partial charge in [0.15, 0.2) is 5.78 Å². The Balaban J connectivity index is 1.58. The Morgan fingerprint density at radius 3 is 2.78 bits per heavy atom. The van der Waals surface area contributed by atoms with Crippen LogP contribution in [-0.2, 0) is 4.74 Å². The van der Waals surface area contributed by atoms with Crippen LogP contribution in [0.4, 0.5) is 10.6 Å². The van der Waals surface area contributed by atoms with E-state index in [9.17, 15) is 9.59 Å². The van der Waals surface area contributed by atoms with Gasteiger partial charge in [0.05, 0.1) is 28.0 Å². The number of hydrogen-bond acceptors (Lipinski definition) is 7. The van der Waals surface area contributed by atoms with Gasteiger partial charge in [0.1, 0.15) is 17.1 Å². The van der Waals surface area contributed by atoms with Crippen LogP contribution in [0.25, 0.3) is 16.4 Å². The van der Waals surface area contributed by atoms with Gasteiger partial charge in [-0.2, -0.15) is 10.2 Å². The molecular weight excluding hydrogens is 470 g/mol. The number of nitrogen functional groups attached to an aromatic ring is 1. The van der Waals surface area contributed by atoms with Crippen molar-refractivity contribution in [1.82, 2.24) is 29.3 Å². The van der Waals surface area contributed by atoms with Crippen molar-refractivity contribution in [1.29, 1.82) is 0 Å². The Morgan fingerprint density at radius 1 is 1.22 bits per heavy atom. The summed E-state index contributed by atoms with van der Waals surface area (Å²) >= 11 is 0. The van der Waals surface area contributed by atoms with Gasteiger partial charge in [0.25, 0.3) is 0 Å². The van der Waals surface area contributed by atoms with E-state index in [1.807, 2.05) is 45.2 Å². The highest BCUT2D eigenvalue weighted by Crippen LogP contribution is 2.33. The standard InChI is InChI=1S/C27H29N7O3/c1-5-22(35)20-14-29-25(28)23-21(9-7-17-6-8-18-10-12-30-33(18)15-17)31-34(24(20)23)19-11-13-32(16-19)26(36)37-27(2,3)4/h6,8,10,12,14-15,19H,5,11,13,16H2,1-4H3,(H2,28,29)/t19-/m0/s1. The Morgan fingerprint density at radius 2 is 2.03 bits per heavy atom. The second-order valence-electron chi connectivity index (χ2n) is 10.1. The molecule has 1 aliphatic rings. The van der Waals surface area contributed by atoms with Crippen LogP contribution in [0.3, 0.4) is 0 Å². The van der Waals surface area contributed by atoms with Gasteiger partial charge in [-0.3, -0.25) is 9.48 Å². The second-order valence-corrected chi connectivity index (χ2v) is 10.1. The first kappa shape index (κ1) is 24.3. The quantitative estimate of drug-likeness (QED) is 0.336. The van der Waals surface area contributed by atoms with E-state index >= 15 is 0 Å². The maximum absolute atomic E-state index is 12.9. The van der Waals surface area contributed by atoms with Crippen molar-refractivity contribution in [2.75, 3.05) is 18.8 Å². The molecule has 10 nitrogen and oxygen atoms in total. The minimum absolute atomic E-state index is 0.0655. The molecule has 0 saturated carbocycles. The molecule has 1 fully saturated rings. The molecule has 1 saturated heterocycles. The monoisotopic (exact) mass is 499 g/mol. The van der Waals surface area contributed by atoms with Crippen molar-refractivity contribution in [2.45, 2.75) is 52.2 Å². The van der Waals surface area contributed by atoms with E-state index in [2.05, 4.69) is 21.9 Å². The zero-order chi connectivity index (χ0) is 26.3. The average molecular weight is 500 g/mol. The Hall–Kier alpha value is -4.39. The van der Waals surface area contributed by atoms with Crippen molar-refractivity contribution in [3.05, 3.63) is 53.6 Å². The van der Waals surface area contributed by atoms with Crippen molar-refractivity contribution >= 4 is 34.1 Å². The van der Waals surface area contributed by atoms with Gasteiger partial charge in [-0.15, -0.1) is 0 Å². The number of ether oxygens (including phenoxy) is 1. The summed E-state index contributed by atoms with van der Waals surface area (Å²) < 4.78 is 9.09. The molecule has 1 aliphatic heterocycles. The molecule has 4 aromatic rings. The highest BCUT2D eigenvalue weighted by molar-refractivity contribution is 6.09. The second kappa shape index (κ2) is 9.24. The summed E-state index contributed by atoms with van der Waals surface area (Å²) in [5.74, 6) is 6.46. The van der Waals surface area contributed by atoms with E-state index in [0.717, 1.165) is 11.1 Å². The normalized spacial score (nSPS) is 15.7. The molecule has 0 radical (unpaired) electrons. The van der Waals surface area contributed by atoms with Gasteiger partial charge in [-0.25, -0.2) is 14.3 Å². The van der Waals surface area contributed by atoms with Gasteiger partial charge in [-0.05, 0) is 51.3 Å². The smallest absolute Gasteiger partial charge is 0.410 e. The number of hydrogen-bond donors (Lipinski definition) is 1. The molecule has 5 heterocycles. The zero-order valence-corrected chi connectivity index (χ0v) is 21.4. The maximum Gasteiger partial charge on any atom is 0.410 e. The van der Waals surface area contributed by atoms with Crippen molar-refractivity contribution in [3.63, 3.8) is 0 Å². The number of nitrogens with zero attached hydrogens (tertiary/aromatic N) is 6. The fourth-order valence-corrected chi connectivity index (χ4v) is 4.49. The number of rotatable bonds is 3. The first-order chi connectivity index (χ1) is 17.6. The van der Waals surface area contributed by atoms with Crippen LogP contribution in [-0.4, -0.2) is 59.8 Å². The average Bonchev–Trinajstić information content (AvgIpc) is 3.59. The number of amides is 1. The fourth-order valence-electron chi connectivity index (χ4n) is 4.49. The van der Waals surface area contributed by atoms with Crippen LogP contribution < -0.4 is 5.73 Å². The molecule has 1 atom stereocenters. The van der Waals surface area contributed by atoms with Crippen molar-refractivity contribution in [2.24, 2.45) is 0 Å². The Labute approximate surface area is 214 Å². The number of ketones is 1. The first-order valence-corrected chi connectivity index (χ1v) is 12.3. The van der Waals surface area contributed by atoms with Gasteiger partial charge in [0.2, 0.25) is 0 Å². The predicted octanol–water partition coefficient (Wildman–Crippen LogP) is 3.84. The molecule has 5 rings (SSSR count). The van der Waals surface area contributed by atoms with E-state index < -0.39 is 5.60 Å². The van der Waals surface area contributed by atoms with Crippen LogP contribution in [0.15, 0.2) is 36.8 Å². The van der Waals surface area contributed by atoms with E-state index in [1.165, 1.54) is 6.20 Å². The van der Waals surface area contributed by atoms with Gasteiger partial charge < -0.3 is 15.4 Å². The zero-order valence-electron chi connectivity index (χ0n) is 21.4. The summed E-state index contributed by atoms with van der Waals surface area (Å²) in [6.45, 7) is 8.24. The lowest BCUT2D eigenvalue weighted by Crippen LogP contribution is -2.35.